The van der Waals surface area contributed by atoms with Crippen molar-refractivity contribution in [1.82, 2.24) is 10.3 Å². The summed E-state index contributed by atoms with van der Waals surface area (Å²) < 4.78 is 52.0. The fraction of sp³-hybridized carbons (Fsp3) is 0. The second kappa shape index (κ2) is 8.85. The number of para-hydroxylation sites is 1. The van der Waals surface area contributed by atoms with Crippen molar-refractivity contribution in [2.24, 2.45) is 0 Å². The molecule has 162 valence electrons. The van der Waals surface area contributed by atoms with Crippen LogP contribution in [0.1, 0.15) is 20.7 Å². The number of hydrazine groups is 1. The Hall–Kier alpha value is -3.26. The molecule has 0 radical (unpaired) electrons. The van der Waals surface area contributed by atoms with Gasteiger partial charge in [-0.15, -0.1) is 16.2 Å². The van der Waals surface area contributed by atoms with E-state index in [-0.39, 0.29) is 25.9 Å². The van der Waals surface area contributed by atoms with Crippen molar-refractivity contribution in [3.05, 3.63) is 77.2 Å². The Bertz CT molecular complexity index is 1340. The monoisotopic (exact) mass is 481 g/mol. The number of carbonyl (C=O) groups is 2. The maximum atomic E-state index is 12.5. The molecule has 0 atom stereocenters. The zero-order chi connectivity index (χ0) is 22.6. The first-order valence-corrected chi connectivity index (χ1v) is 12.3. The highest BCUT2D eigenvalue weighted by atomic mass is 32.2. The Kier molecular flexibility index (Phi) is 6.40. The van der Waals surface area contributed by atoms with Gasteiger partial charge in [0, 0.05) is 0 Å². The number of amides is 1. The molecule has 13 heteroatoms. The molecule has 10 nitrogen and oxygen atoms in total. The van der Waals surface area contributed by atoms with E-state index in [1.165, 1.54) is 42.5 Å². The molecule has 0 saturated heterocycles. The summed E-state index contributed by atoms with van der Waals surface area (Å²) in [5, 5.41) is 10.6. The average Bonchev–Trinajstić information content (AvgIpc) is 3.28. The Balaban J connectivity index is 1.79. The second-order valence-corrected chi connectivity index (χ2v) is 10.5. The van der Waals surface area contributed by atoms with Gasteiger partial charge in [-0.3, -0.25) is 14.9 Å². The van der Waals surface area contributed by atoms with E-state index < -0.39 is 31.9 Å². The molecule has 4 N–H and O–H groups in total. The fourth-order valence-corrected chi connectivity index (χ4v) is 5.37. The van der Waals surface area contributed by atoms with Gasteiger partial charge in [-0.1, -0.05) is 24.3 Å². The third-order valence-electron chi connectivity index (χ3n) is 3.87. The number of carboxylic acids is 1. The number of anilines is 1. The van der Waals surface area contributed by atoms with Crippen molar-refractivity contribution >= 4 is 48.9 Å². The summed E-state index contributed by atoms with van der Waals surface area (Å²) in [5.41, 5.74) is 1.55. The smallest absolute Gasteiger partial charge is 0.335 e. The van der Waals surface area contributed by atoms with E-state index in [1.807, 2.05) is 10.3 Å². The number of carboxylic acid groups (broad SMARTS) is 1. The number of aromatic carboxylic acids is 1. The average molecular weight is 482 g/mol. The van der Waals surface area contributed by atoms with Crippen LogP contribution in [0.5, 0.6) is 0 Å². The number of benzene rings is 2. The van der Waals surface area contributed by atoms with E-state index in [4.69, 9.17) is 5.11 Å². The van der Waals surface area contributed by atoms with Crippen molar-refractivity contribution in [2.45, 2.75) is 9.10 Å². The van der Waals surface area contributed by atoms with E-state index in [1.54, 1.807) is 11.4 Å². The zero-order valence-electron chi connectivity index (χ0n) is 15.5. The second-order valence-electron chi connectivity index (χ2n) is 5.98. The summed E-state index contributed by atoms with van der Waals surface area (Å²) in [6, 6.07) is 13.1. The van der Waals surface area contributed by atoms with E-state index >= 15 is 0 Å². The molecule has 0 bridgehead atoms. The van der Waals surface area contributed by atoms with E-state index in [2.05, 4.69) is 4.72 Å². The maximum Gasteiger partial charge on any atom is 0.335 e. The third kappa shape index (κ3) is 5.27. The van der Waals surface area contributed by atoms with Crippen LogP contribution in [0.3, 0.4) is 0 Å². The number of carbonyl (C=O) groups excluding carboxylic acids is 1. The van der Waals surface area contributed by atoms with Crippen molar-refractivity contribution in [2.75, 3.05) is 4.72 Å². The topological polar surface area (TPSA) is 159 Å². The van der Waals surface area contributed by atoms with Gasteiger partial charge in [0.1, 0.15) is 4.21 Å². The van der Waals surface area contributed by atoms with Gasteiger partial charge >= 0.3 is 5.97 Å². The van der Waals surface area contributed by atoms with Crippen molar-refractivity contribution < 1.29 is 31.5 Å². The van der Waals surface area contributed by atoms with Gasteiger partial charge in [-0.05, 0) is 41.8 Å². The largest absolute Gasteiger partial charge is 0.478 e. The standard InChI is InChI=1S/C18H15N3O7S3/c22-17(19-21-30(25,26)13-6-3-5-12(11-13)18(23)24)14-7-1-2-8-15(14)20-31(27,28)16-9-4-10-29-16/h1-11,20-21H,(H,19,22)(H,23,24). The van der Waals surface area contributed by atoms with Crippen LogP contribution in [0.4, 0.5) is 5.69 Å². The summed E-state index contributed by atoms with van der Waals surface area (Å²) in [7, 11) is -8.22. The molecular weight excluding hydrogens is 466 g/mol. The predicted octanol–water partition coefficient (Wildman–Crippen LogP) is 1.87. The Morgan fingerprint density at radius 1 is 0.871 bits per heavy atom. The molecule has 1 heterocycles. The summed E-state index contributed by atoms with van der Waals surface area (Å²) in [4.78, 5) is 25.0. The van der Waals surface area contributed by atoms with Crippen LogP contribution in [0.15, 0.2) is 75.1 Å². The molecule has 31 heavy (non-hydrogen) atoms. The van der Waals surface area contributed by atoms with Crippen molar-refractivity contribution in [3.63, 3.8) is 0 Å². The molecule has 3 rings (SSSR count). The van der Waals surface area contributed by atoms with Gasteiger partial charge in [-0.25, -0.2) is 21.6 Å². The minimum absolute atomic E-state index is 0.0433. The van der Waals surface area contributed by atoms with Crippen LogP contribution < -0.4 is 15.0 Å². The number of rotatable bonds is 8. The normalized spacial score (nSPS) is 11.6. The molecule has 0 spiro atoms. The lowest BCUT2D eigenvalue weighted by Gasteiger charge is -2.13. The third-order valence-corrected chi connectivity index (χ3v) is 7.87. The molecular formula is C18H15N3O7S3. The van der Waals surface area contributed by atoms with Gasteiger partial charge in [0.15, 0.2) is 0 Å². The number of hydrogen-bond acceptors (Lipinski definition) is 7. The van der Waals surface area contributed by atoms with Gasteiger partial charge < -0.3 is 5.11 Å². The maximum absolute atomic E-state index is 12.5. The first kappa shape index (κ1) is 22.4. The van der Waals surface area contributed by atoms with Gasteiger partial charge in [0.05, 0.1) is 21.7 Å². The quantitative estimate of drug-likeness (QED) is 0.357. The molecule has 2 aromatic carbocycles. The van der Waals surface area contributed by atoms with E-state index in [0.717, 1.165) is 23.5 Å². The molecule has 0 saturated carbocycles. The number of thiophene rings is 1. The zero-order valence-corrected chi connectivity index (χ0v) is 17.9. The summed E-state index contributed by atoms with van der Waals surface area (Å²) in [6.07, 6.45) is 0. The predicted molar refractivity (Wildman–Crippen MR) is 113 cm³/mol. The van der Waals surface area contributed by atoms with Crippen LogP contribution in [-0.2, 0) is 20.0 Å². The Morgan fingerprint density at radius 3 is 2.29 bits per heavy atom. The summed E-state index contributed by atoms with van der Waals surface area (Å²) in [5.74, 6) is -2.24. The minimum Gasteiger partial charge on any atom is -0.478 e. The van der Waals surface area contributed by atoms with Gasteiger partial charge in [0.25, 0.3) is 26.0 Å². The highest BCUT2D eigenvalue weighted by Crippen LogP contribution is 2.23. The molecule has 0 fully saturated rings. The molecule has 0 aliphatic carbocycles. The molecule has 1 amide bonds. The molecule has 0 unspecified atom stereocenters. The van der Waals surface area contributed by atoms with Crippen LogP contribution in [0.2, 0.25) is 0 Å². The highest BCUT2D eigenvalue weighted by molar-refractivity contribution is 7.94. The molecule has 0 aliphatic heterocycles. The molecule has 1 aromatic heterocycles. The molecule has 3 aromatic rings. The first-order chi connectivity index (χ1) is 14.6. The van der Waals surface area contributed by atoms with E-state index in [0.29, 0.717) is 0 Å². The number of nitrogens with one attached hydrogen (secondary N) is 3. The summed E-state index contributed by atoms with van der Waals surface area (Å²) in [6.45, 7) is 0. The van der Waals surface area contributed by atoms with Crippen molar-refractivity contribution in [3.8, 4) is 0 Å². The first-order valence-electron chi connectivity index (χ1n) is 8.41. The van der Waals surface area contributed by atoms with E-state index in [9.17, 15) is 26.4 Å². The van der Waals surface area contributed by atoms with Crippen LogP contribution in [0, 0.1) is 0 Å². The van der Waals surface area contributed by atoms with Crippen LogP contribution >= 0.6 is 11.3 Å². The van der Waals surface area contributed by atoms with Crippen molar-refractivity contribution in [1.29, 1.82) is 0 Å². The number of sulfonamides is 2. The van der Waals surface area contributed by atoms with Crippen LogP contribution in [-0.4, -0.2) is 33.8 Å². The Labute approximate surface area is 181 Å². The number of hydrogen-bond donors (Lipinski definition) is 4. The lowest BCUT2D eigenvalue weighted by molar-refractivity contribution is 0.0696. The SMILES string of the molecule is O=C(O)c1cccc(S(=O)(=O)NNC(=O)c2ccccc2NS(=O)(=O)c2cccs2)c1. The van der Waals surface area contributed by atoms with Crippen LogP contribution in [0.25, 0.3) is 0 Å². The lowest BCUT2D eigenvalue weighted by atomic mass is 10.2. The molecule has 0 aliphatic rings. The lowest BCUT2D eigenvalue weighted by Crippen LogP contribution is -2.41. The highest BCUT2D eigenvalue weighted by Gasteiger charge is 2.21. The fourth-order valence-electron chi connectivity index (χ4n) is 2.42. The summed E-state index contributed by atoms with van der Waals surface area (Å²) >= 11 is 0.993. The van der Waals surface area contributed by atoms with Gasteiger partial charge in [-0.2, -0.15) is 0 Å². The van der Waals surface area contributed by atoms with Gasteiger partial charge in [0.2, 0.25) is 0 Å². The Morgan fingerprint density at radius 2 is 1.61 bits per heavy atom. The minimum atomic E-state index is -4.29.